The Bertz CT molecular complexity index is 416. The van der Waals surface area contributed by atoms with Crippen LogP contribution in [0.5, 0.6) is 0 Å². The van der Waals surface area contributed by atoms with Gasteiger partial charge < -0.3 is 5.32 Å². The molecule has 5 nitrogen and oxygen atoms in total. The molecule has 2 aliphatic rings. The average Bonchev–Trinajstić information content (AvgIpc) is 2.96. The number of hydrogen-bond donors (Lipinski definition) is 1. The topological polar surface area (TPSA) is 66.5 Å². The molecule has 110 valence electrons. The van der Waals surface area contributed by atoms with Crippen LogP contribution >= 0.6 is 0 Å². The van der Waals surface area contributed by atoms with Gasteiger partial charge in [0.1, 0.15) is 0 Å². The molecule has 0 bridgehead atoms. The van der Waals surface area contributed by atoms with E-state index in [9.17, 15) is 13.2 Å². The summed E-state index contributed by atoms with van der Waals surface area (Å²) >= 11 is 0. The van der Waals surface area contributed by atoms with E-state index >= 15 is 0 Å². The molecule has 0 aromatic heterocycles. The van der Waals surface area contributed by atoms with Crippen LogP contribution in [0.15, 0.2) is 0 Å². The number of hydrogen-bond acceptors (Lipinski definition) is 4. The van der Waals surface area contributed by atoms with E-state index in [-0.39, 0.29) is 23.5 Å². The minimum Gasteiger partial charge on any atom is -0.351 e. The second kappa shape index (κ2) is 6.22. The third kappa shape index (κ3) is 4.18. The summed E-state index contributed by atoms with van der Waals surface area (Å²) < 4.78 is 22.7. The van der Waals surface area contributed by atoms with E-state index < -0.39 is 9.84 Å². The lowest BCUT2D eigenvalue weighted by Gasteiger charge is -2.27. The van der Waals surface area contributed by atoms with E-state index in [0.717, 1.165) is 6.54 Å². The van der Waals surface area contributed by atoms with Gasteiger partial charge in [-0.1, -0.05) is 19.8 Å². The second-order valence-electron chi connectivity index (χ2n) is 5.67. The molecule has 6 heteroatoms. The van der Waals surface area contributed by atoms with E-state index in [0.29, 0.717) is 19.0 Å². The molecule has 1 atom stereocenters. The van der Waals surface area contributed by atoms with Gasteiger partial charge in [0.05, 0.1) is 18.1 Å². The first-order valence-corrected chi connectivity index (χ1v) is 9.06. The van der Waals surface area contributed by atoms with Crippen LogP contribution in [0.3, 0.4) is 0 Å². The molecule has 1 amide bonds. The van der Waals surface area contributed by atoms with Gasteiger partial charge in [-0.15, -0.1) is 0 Å². The van der Waals surface area contributed by atoms with E-state index in [4.69, 9.17) is 0 Å². The van der Waals surface area contributed by atoms with Crippen molar-refractivity contribution < 1.29 is 13.2 Å². The number of likely N-dealkylation sites (N-methyl/N-ethyl adjacent to an activating group) is 1. The molecule has 0 spiro atoms. The van der Waals surface area contributed by atoms with Crippen LogP contribution in [0.2, 0.25) is 0 Å². The molecule has 0 aromatic rings. The largest absolute Gasteiger partial charge is 0.351 e. The molecule has 1 N–H and O–H groups in total. The lowest BCUT2D eigenvalue weighted by atomic mass is 10.2. The van der Waals surface area contributed by atoms with Crippen molar-refractivity contribution in [2.45, 2.75) is 51.1 Å². The average molecular weight is 288 g/mol. The number of nitrogens with zero attached hydrogens (tertiary/aromatic N) is 1. The van der Waals surface area contributed by atoms with E-state index in [2.05, 4.69) is 17.1 Å². The van der Waals surface area contributed by atoms with Gasteiger partial charge in [0.2, 0.25) is 5.91 Å². The molecule has 2 rings (SSSR count). The van der Waals surface area contributed by atoms with Gasteiger partial charge in [-0.3, -0.25) is 9.69 Å². The highest BCUT2D eigenvalue weighted by Gasteiger charge is 2.30. The van der Waals surface area contributed by atoms with Gasteiger partial charge in [-0.25, -0.2) is 8.42 Å². The fourth-order valence-electron chi connectivity index (χ4n) is 3.14. The van der Waals surface area contributed by atoms with Crippen LogP contribution < -0.4 is 5.32 Å². The summed E-state index contributed by atoms with van der Waals surface area (Å²) in [4.78, 5) is 14.2. The van der Waals surface area contributed by atoms with Gasteiger partial charge in [0.15, 0.2) is 9.84 Å². The highest BCUT2D eigenvalue weighted by Crippen LogP contribution is 2.23. The monoisotopic (exact) mass is 288 g/mol. The summed E-state index contributed by atoms with van der Waals surface area (Å²) in [6.07, 6.45) is 5.43. The van der Waals surface area contributed by atoms with Crippen LogP contribution in [-0.4, -0.2) is 55.9 Å². The SMILES string of the molecule is CCN(CC(=O)N[C@H]1CCS(=O)(=O)C1)C1CCCC1. The van der Waals surface area contributed by atoms with Crippen LogP contribution in [0.25, 0.3) is 0 Å². The Morgan fingerprint density at radius 1 is 1.26 bits per heavy atom. The molecule has 0 radical (unpaired) electrons. The summed E-state index contributed by atoms with van der Waals surface area (Å²) in [6, 6.07) is 0.350. The number of amides is 1. The Labute approximate surface area is 115 Å². The highest BCUT2D eigenvalue weighted by molar-refractivity contribution is 7.91. The third-order valence-electron chi connectivity index (χ3n) is 4.19. The van der Waals surface area contributed by atoms with Crippen LogP contribution in [0, 0.1) is 0 Å². The maximum absolute atomic E-state index is 12.0. The van der Waals surface area contributed by atoms with Crippen LogP contribution in [0.1, 0.15) is 39.0 Å². The van der Waals surface area contributed by atoms with Crippen molar-refractivity contribution in [3.05, 3.63) is 0 Å². The van der Waals surface area contributed by atoms with Crippen molar-refractivity contribution in [1.82, 2.24) is 10.2 Å². The molecule has 1 aliphatic heterocycles. The van der Waals surface area contributed by atoms with Crippen molar-refractivity contribution in [1.29, 1.82) is 0 Å². The van der Waals surface area contributed by atoms with Crippen molar-refractivity contribution >= 4 is 15.7 Å². The van der Waals surface area contributed by atoms with Gasteiger partial charge >= 0.3 is 0 Å². The Balaban J connectivity index is 1.80. The predicted octanol–water partition coefficient (Wildman–Crippen LogP) is 0.554. The van der Waals surface area contributed by atoms with E-state index in [1.807, 2.05) is 0 Å². The normalized spacial score (nSPS) is 26.9. The van der Waals surface area contributed by atoms with E-state index in [1.165, 1.54) is 25.7 Å². The standard InChI is InChI=1S/C13H24N2O3S/c1-2-15(12-5-3-4-6-12)9-13(16)14-11-7-8-19(17,18)10-11/h11-12H,2-10H2,1H3,(H,14,16)/t11-/m0/s1. The zero-order chi connectivity index (χ0) is 13.9. The fraction of sp³-hybridized carbons (Fsp3) is 0.923. The Morgan fingerprint density at radius 2 is 1.95 bits per heavy atom. The lowest BCUT2D eigenvalue weighted by molar-refractivity contribution is -0.123. The molecule has 1 saturated heterocycles. The summed E-state index contributed by atoms with van der Waals surface area (Å²) in [7, 11) is -2.92. The predicted molar refractivity (Wildman–Crippen MR) is 74.7 cm³/mol. The van der Waals surface area contributed by atoms with Crippen LogP contribution in [0.4, 0.5) is 0 Å². The quantitative estimate of drug-likeness (QED) is 0.802. The number of carbonyl (C=O) groups is 1. The fourth-order valence-corrected chi connectivity index (χ4v) is 4.81. The Kier molecular flexibility index (Phi) is 4.84. The second-order valence-corrected chi connectivity index (χ2v) is 7.90. The molecular weight excluding hydrogens is 264 g/mol. The molecule has 2 fully saturated rings. The van der Waals surface area contributed by atoms with Crippen molar-refractivity contribution in [3.63, 3.8) is 0 Å². The summed E-state index contributed by atoms with van der Waals surface area (Å²) in [5.41, 5.74) is 0. The van der Waals surface area contributed by atoms with Crippen molar-refractivity contribution in [2.24, 2.45) is 0 Å². The zero-order valence-corrected chi connectivity index (χ0v) is 12.4. The first kappa shape index (κ1) is 14.8. The number of sulfone groups is 1. The molecular formula is C13H24N2O3S. The first-order valence-electron chi connectivity index (χ1n) is 7.24. The van der Waals surface area contributed by atoms with E-state index in [1.54, 1.807) is 0 Å². The number of nitrogens with one attached hydrogen (secondary N) is 1. The highest BCUT2D eigenvalue weighted by atomic mass is 32.2. The van der Waals surface area contributed by atoms with Gasteiger partial charge in [0.25, 0.3) is 0 Å². The minimum atomic E-state index is -2.92. The molecule has 1 aliphatic carbocycles. The van der Waals surface area contributed by atoms with Crippen LogP contribution in [-0.2, 0) is 14.6 Å². The molecule has 1 saturated carbocycles. The zero-order valence-electron chi connectivity index (χ0n) is 11.6. The smallest absolute Gasteiger partial charge is 0.234 e. The Hall–Kier alpha value is -0.620. The van der Waals surface area contributed by atoms with Gasteiger partial charge in [-0.2, -0.15) is 0 Å². The molecule has 0 unspecified atom stereocenters. The summed E-state index contributed by atoms with van der Waals surface area (Å²) in [5, 5.41) is 2.86. The Morgan fingerprint density at radius 3 is 2.47 bits per heavy atom. The van der Waals surface area contributed by atoms with Gasteiger partial charge in [-0.05, 0) is 25.8 Å². The van der Waals surface area contributed by atoms with Crippen molar-refractivity contribution in [2.75, 3.05) is 24.6 Å². The lowest BCUT2D eigenvalue weighted by Crippen LogP contribution is -2.45. The molecule has 0 aromatic carbocycles. The number of rotatable bonds is 5. The summed E-state index contributed by atoms with van der Waals surface area (Å²) in [6.45, 7) is 3.35. The number of carbonyl (C=O) groups excluding carboxylic acids is 1. The van der Waals surface area contributed by atoms with Crippen molar-refractivity contribution in [3.8, 4) is 0 Å². The maximum atomic E-state index is 12.0. The minimum absolute atomic E-state index is 0.0316. The maximum Gasteiger partial charge on any atom is 0.234 e. The first-order chi connectivity index (χ1) is 9.00. The molecule has 1 heterocycles. The third-order valence-corrected chi connectivity index (χ3v) is 5.96. The van der Waals surface area contributed by atoms with Gasteiger partial charge in [0, 0.05) is 12.1 Å². The molecule has 19 heavy (non-hydrogen) atoms. The summed E-state index contributed by atoms with van der Waals surface area (Å²) in [5.74, 6) is 0.280.